The number of aliphatic hydroxyl groups excluding tert-OH is 1. The van der Waals surface area contributed by atoms with E-state index in [1.165, 1.54) is 30.3 Å². The van der Waals surface area contributed by atoms with Crippen LogP contribution in [-0.2, 0) is 4.57 Å². The van der Waals surface area contributed by atoms with Crippen molar-refractivity contribution in [1.82, 2.24) is 0 Å². The molecule has 1 atom stereocenters. The average molecular weight is 369 g/mol. The van der Waals surface area contributed by atoms with Crippen molar-refractivity contribution in [3.05, 3.63) is 53.3 Å². The van der Waals surface area contributed by atoms with E-state index in [2.05, 4.69) is 4.76 Å². The van der Waals surface area contributed by atoms with E-state index >= 15 is 0 Å². The molecule has 0 bridgehead atoms. The van der Waals surface area contributed by atoms with Crippen LogP contribution < -0.4 is 0 Å². The fraction of sp³-hybridized carbons (Fsp3) is 0.312. The summed E-state index contributed by atoms with van der Waals surface area (Å²) in [6, 6.07) is 5.82. The fourth-order valence-electron chi connectivity index (χ4n) is 2.82. The van der Waals surface area contributed by atoms with Gasteiger partial charge in [0.15, 0.2) is 5.79 Å². The van der Waals surface area contributed by atoms with Gasteiger partial charge in [0.05, 0.1) is 5.71 Å². The van der Waals surface area contributed by atoms with Gasteiger partial charge in [-0.2, -0.15) is 4.76 Å². The molecule has 0 saturated carbocycles. The summed E-state index contributed by atoms with van der Waals surface area (Å²) in [5.41, 5.74) is -0.000107. The molecule has 1 aromatic rings. The molecule has 1 aliphatic carbocycles. The number of hydrogen-bond acceptors (Lipinski definition) is 5. The van der Waals surface area contributed by atoms with Crippen LogP contribution in [0, 0.1) is 0 Å². The second-order valence-electron chi connectivity index (χ2n) is 5.73. The summed E-state index contributed by atoms with van der Waals surface area (Å²) in [5.74, 6) is -3.66. The van der Waals surface area contributed by atoms with Crippen LogP contribution in [0.2, 0.25) is 0 Å². The largest absolute Gasteiger partial charge is 0.508 e. The molecular formula is C16H20NO7P. The van der Waals surface area contributed by atoms with Crippen LogP contribution in [0.5, 0.6) is 5.75 Å². The molecule has 8 nitrogen and oxygen atoms in total. The Kier molecular flexibility index (Phi) is 5.51. The van der Waals surface area contributed by atoms with Crippen LogP contribution in [0.25, 0.3) is 0 Å². The molecule has 0 spiro atoms. The van der Waals surface area contributed by atoms with Gasteiger partial charge in [-0.25, -0.2) is 4.57 Å². The molecule has 0 aliphatic heterocycles. The molecule has 0 radical (unpaired) electrons. The zero-order chi connectivity index (χ0) is 18.8. The molecule has 1 aromatic carbocycles. The van der Waals surface area contributed by atoms with Crippen molar-refractivity contribution in [1.29, 1.82) is 0 Å². The SMILES string of the molecule is CCC(c1ccc(O)cc1)C(O)(O)C1=CC(O)=CCC1=NP(=O)(O)O. The van der Waals surface area contributed by atoms with Gasteiger partial charge in [0.1, 0.15) is 11.5 Å². The van der Waals surface area contributed by atoms with Gasteiger partial charge in [-0.3, -0.25) is 0 Å². The predicted octanol–water partition coefficient (Wildman–Crippen LogP) is 1.87. The predicted molar refractivity (Wildman–Crippen MR) is 91.2 cm³/mol. The highest BCUT2D eigenvalue weighted by molar-refractivity contribution is 7.50. The molecule has 0 heterocycles. The minimum Gasteiger partial charge on any atom is -0.508 e. The number of hydrogen-bond donors (Lipinski definition) is 6. The van der Waals surface area contributed by atoms with Gasteiger partial charge >= 0.3 is 7.75 Å². The number of benzene rings is 1. The number of aliphatic hydroxyl groups is 3. The highest BCUT2D eigenvalue weighted by Gasteiger charge is 2.41. The van der Waals surface area contributed by atoms with Gasteiger partial charge < -0.3 is 30.2 Å². The lowest BCUT2D eigenvalue weighted by Crippen LogP contribution is -2.41. The van der Waals surface area contributed by atoms with Gasteiger partial charge in [-0.05, 0) is 36.3 Å². The van der Waals surface area contributed by atoms with Crippen LogP contribution in [0.1, 0.15) is 31.2 Å². The second kappa shape index (κ2) is 7.11. The number of phenolic OH excluding ortho intramolecular Hbond substituents is 1. The third-order valence-electron chi connectivity index (χ3n) is 3.94. The van der Waals surface area contributed by atoms with E-state index in [0.717, 1.165) is 6.08 Å². The maximum absolute atomic E-state index is 11.2. The average Bonchev–Trinajstić information content (AvgIpc) is 2.50. The molecule has 0 fully saturated rings. The normalized spacial score (nSPS) is 18.7. The van der Waals surface area contributed by atoms with Crippen molar-refractivity contribution in [2.45, 2.75) is 31.5 Å². The molecule has 1 unspecified atom stereocenters. The van der Waals surface area contributed by atoms with Gasteiger partial charge in [0.25, 0.3) is 0 Å². The molecular weight excluding hydrogens is 349 g/mol. The lowest BCUT2D eigenvalue weighted by atomic mass is 9.80. The first-order valence-corrected chi connectivity index (χ1v) is 9.11. The van der Waals surface area contributed by atoms with Crippen molar-refractivity contribution >= 4 is 13.5 Å². The second-order valence-corrected chi connectivity index (χ2v) is 6.96. The molecule has 25 heavy (non-hydrogen) atoms. The third kappa shape index (κ3) is 4.56. The number of allylic oxidation sites excluding steroid dienone is 2. The summed E-state index contributed by atoms with van der Waals surface area (Å²) in [7, 11) is -4.80. The Morgan fingerprint density at radius 1 is 1.20 bits per heavy atom. The minimum atomic E-state index is -4.80. The van der Waals surface area contributed by atoms with E-state index < -0.39 is 19.5 Å². The van der Waals surface area contributed by atoms with E-state index in [0.29, 0.717) is 5.56 Å². The zero-order valence-corrected chi connectivity index (χ0v) is 14.3. The highest BCUT2D eigenvalue weighted by atomic mass is 31.2. The first kappa shape index (κ1) is 19.4. The Morgan fingerprint density at radius 2 is 1.80 bits per heavy atom. The van der Waals surface area contributed by atoms with Crippen LogP contribution in [0.3, 0.4) is 0 Å². The quantitative estimate of drug-likeness (QED) is 0.342. The Balaban J connectivity index is 2.52. The van der Waals surface area contributed by atoms with E-state index in [9.17, 15) is 25.0 Å². The van der Waals surface area contributed by atoms with Crippen molar-refractivity contribution in [3.8, 4) is 5.75 Å². The Morgan fingerprint density at radius 3 is 2.32 bits per heavy atom. The van der Waals surface area contributed by atoms with E-state index in [1.807, 2.05) is 0 Å². The molecule has 0 aromatic heterocycles. The lowest BCUT2D eigenvalue weighted by molar-refractivity contribution is -0.143. The lowest BCUT2D eigenvalue weighted by Gasteiger charge is -2.34. The number of phenols is 1. The summed E-state index contributed by atoms with van der Waals surface area (Å²) in [6.45, 7) is 1.71. The Bertz CT molecular complexity index is 774. The van der Waals surface area contributed by atoms with Crippen LogP contribution in [0.4, 0.5) is 0 Å². The van der Waals surface area contributed by atoms with E-state index in [-0.39, 0.29) is 35.6 Å². The fourth-order valence-corrected chi connectivity index (χ4v) is 3.32. The Labute approximate surface area is 144 Å². The maximum Gasteiger partial charge on any atom is 0.448 e. The standard InChI is InChI=1S/C16H20NO7P/c1-2-13(10-3-5-11(18)6-4-10)16(20,21)14-9-12(19)7-8-15(14)17-25(22,23)24/h3-7,9,13,18-21H,2,8H2,1H3,(H2,22,23,24). The molecule has 2 rings (SSSR count). The summed E-state index contributed by atoms with van der Waals surface area (Å²) >= 11 is 0. The topological polar surface area (TPSA) is 151 Å². The monoisotopic (exact) mass is 369 g/mol. The minimum absolute atomic E-state index is 0.0151. The van der Waals surface area contributed by atoms with Crippen LogP contribution in [-0.4, -0.2) is 41.7 Å². The van der Waals surface area contributed by atoms with Crippen molar-refractivity contribution < 1.29 is 34.8 Å². The third-order valence-corrected chi connectivity index (χ3v) is 4.45. The molecule has 0 saturated heterocycles. The van der Waals surface area contributed by atoms with Gasteiger partial charge in [0.2, 0.25) is 0 Å². The zero-order valence-electron chi connectivity index (χ0n) is 13.4. The van der Waals surface area contributed by atoms with Crippen molar-refractivity contribution in [2.24, 2.45) is 4.76 Å². The first-order chi connectivity index (χ1) is 11.5. The van der Waals surface area contributed by atoms with Gasteiger partial charge in [-0.1, -0.05) is 19.1 Å². The number of aromatic hydroxyl groups is 1. The summed E-state index contributed by atoms with van der Waals surface area (Å²) in [5, 5.41) is 40.6. The molecule has 136 valence electrons. The van der Waals surface area contributed by atoms with Gasteiger partial charge in [0, 0.05) is 17.9 Å². The van der Waals surface area contributed by atoms with Crippen molar-refractivity contribution in [3.63, 3.8) is 0 Å². The maximum atomic E-state index is 11.2. The molecule has 1 aliphatic rings. The molecule has 0 amide bonds. The smallest absolute Gasteiger partial charge is 0.448 e. The van der Waals surface area contributed by atoms with Gasteiger partial charge in [-0.15, -0.1) is 0 Å². The molecule has 6 N–H and O–H groups in total. The summed E-state index contributed by atoms with van der Waals surface area (Å²) < 4.78 is 14.5. The highest BCUT2D eigenvalue weighted by Crippen LogP contribution is 2.42. The van der Waals surface area contributed by atoms with Crippen LogP contribution in [0.15, 0.2) is 52.5 Å². The number of rotatable bonds is 5. The van der Waals surface area contributed by atoms with Crippen LogP contribution >= 0.6 is 7.75 Å². The van der Waals surface area contributed by atoms with E-state index in [1.54, 1.807) is 6.92 Å². The molecule has 9 heteroatoms. The van der Waals surface area contributed by atoms with E-state index in [4.69, 9.17) is 9.79 Å². The summed E-state index contributed by atoms with van der Waals surface area (Å²) in [6.07, 6.45) is 2.40. The summed E-state index contributed by atoms with van der Waals surface area (Å²) in [4.78, 5) is 18.2. The Hall–Kier alpha value is -1.96. The number of nitrogens with zero attached hydrogens (tertiary/aromatic N) is 1. The van der Waals surface area contributed by atoms with Crippen molar-refractivity contribution in [2.75, 3.05) is 0 Å². The first-order valence-electron chi connectivity index (χ1n) is 7.54.